The Kier molecular flexibility index (Phi) is 3.03. The molecular formula is C15H19N3O. The number of nitrogens with zero attached hydrogens (tertiary/aromatic N) is 2. The number of fused-ring (bicyclic) bond motifs is 1. The van der Waals surface area contributed by atoms with Crippen LogP contribution in [-0.4, -0.2) is 30.7 Å². The van der Waals surface area contributed by atoms with Gasteiger partial charge in [0, 0.05) is 44.5 Å². The third kappa shape index (κ3) is 2.12. The van der Waals surface area contributed by atoms with Gasteiger partial charge in [0.25, 0.3) is 5.56 Å². The van der Waals surface area contributed by atoms with E-state index in [0.29, 0.717) is 0 Å². The Morgan fingerprint density at radius 3 is 2.63 bits per heavy atom. The molecule has 1 saturated heterocycles. The molecule has 2 heterocycles. The molecular weight excluding hydrogens is 238 g/mol. The molecule has 1 aliphatic rings. The van der Waals surface area contributed by atoms with Crippen molar-refractivity contribution in [2.75, 3.05) is 31.1 Å². The van der Waals surface area contributed by atoms with Gasteiger partial charge in [-0.15, -0.1) is 0 Å². The van der Waals surface area contributed by atoms with Gasteiger partial charge in [0.05, 0.1) is 5.52 Å². The van der Waals surface area contributed by atoms with Crippen molar-refractivity contribution in [3.8, 4) is 0 Å². The number of benzene rings is 1. The molecule has 0 saturated carbocycles. The summed E-state index contributed by atoms with van der Waals surface area (Å²) in [5.74, 6) is 0. The first-order chi connectivity index (χ1) is 9.16. The second kappa shape index (κ2) is 4.70. The predicted molar refractivity (Wildman–Crippen MR) is 79.0 cm³/mol. The molecule has 4 nitrogen and oxygen atoms in total. The molecule has 1 fully saturated rings. The van der Waals surface area contributed by atoms with Gasteiger partial charge < -0.3 is 14.8 Å². The fraction of sp³-hybridized carbons (Fsp3) is 0.400. The lowest BCUT2D eigenvalue weighted by Crippen LogP contribution is -2.43. The lowest BCUT2D eigenvalue weighted by Gasteiger charge is -2.29. The smallest absolute Gasteiger partial charge is 0.253 e. The summed E-state index contributed by atoms with van der Waals surface area (Å²) in [4.78, 5) is 14.4. The lowest BCUT2D eigenvalue weighted by atomic mass is 10.1. The summed E-state index contributed by atoms with van der Waals surface area (Å²) in [6.45, 7) is 5.94. The van der Waals surface area contributed by atoms with E-state index in [9.17, 15) is 4.79 Å². The number of nitrogens with one attached hydrogen (secondary N) is 1. The second-order valence-electron chi connectivity index (χ2n) is 5.17. The molecule has 2 aromatic rings. The molecule has 0 bridgehead atoms. The monoisotopic (exact) mass is 257 g/mol. The summed E-state index contributed by atoms with van der Waals surface area (Å²) in [6.07, 6.45) is 0. The first-order valence-corrected chi connectivity index (χ1v) is 6.73. The van der Waals surface area contributed by atoms with Crippen molar-refractivity contribution in [3.05, 3.63) is 40.2 Å². The molecule has 0 spiro atoms. The van der Waals surface area contributed by atoms with Crippen LogP contribution in [0.5, 0.6) is 0 Å². The standard InChI is InChI=1S/C15H19N3O/c1-11-9-12-3-4-13(18-7-5-16-6-8-18)10-14(12)17(2)15(11)19/h3-4,9-10,16H,5-8H2,1-2H3. The molecule has 1 aliphatic heterocycles. The van der Waals surface area contributed by atoms with Gasteiger partial charge >= 0.3 is 0 Å². The molecule has 1 aromatic carbocycles. The fourth-order valence-corrected chi connectivity index (χ4v) is 2.73. The number of piperazine rings is 1. The highest BCUT2D eigenvalue weighted by Crippen LogP contribution is 2.21. The van der Waals surface area contributed by atoms with Gasteiger partial charge in [0.2, 0.25) is 0 Å². The summed E-state index contributed by atoms with van der Waals surface area (Å²) < 4.78 is 1.75. The van der Waals surface area contributed by atoms with Crippen LogP contribution in [0.3, 0.4) is 0 Å². The summed E-state index contributed by atoms with van der Waals surface area (Å²) in [5.41, 5.74) is 3.09. The van der Waals surface area contributed by atoms with Crippen LogP contribution in [0.4, 0.5) is 5.69 Å². The SMILES string of the molecule is Cc1cc2ccc(N3CCNCC3)cc2n(C)c1=O. The van der Waals surface area contributed by atoms with Crippen molar-refractivity contribution in [1.29, 1.82) is 0 Å². The van der Waals surface area contributed by atoms with E-state index in [2.05, 4.69) is 28.4 Å². The van der Waals surface area contributed by atoms with Gasteiger partial charge in [-0.1, -0.05) is 6.07 Å². The van der Waals surface area contributed by atoms with Crippen molar-refractivity contribution in [2.24, 2.45) is 7.05 Å². The lowest BCUT2D eigenvalue weighted by molar-refractivity contribution is 0.589. The van der Waals surface area contributed by atoms with Crippen LogP contribution >= 0.6 is 0 Å². The molecule has 0 radical (unpaired) electrons. The van der Waals surface area contributed by atoms with Crippen molar-refractivity contribution in [3.63, 3.8) is 0 Å². The van der Waals surface area contributed by atoms with Gasteiger partial charge in [-0.25, -0.2) is 0 Å². The number of hydrogen-bond acceptors (Lipinski definition) is 3. The minimum absolute atomic E-state index is 0.0879. The van der Waals surface area contributed by atoms with E-state index in [1.807, 2.05) is 20.0 Å². The number of pyridine rings is 1. The largest absolute Gasteiger partial charge is 0.369 e. The molecule has 0 unspecified atom stereocenters. The second-order valence-corrected chi connectivity index (χ2v) is 5.17. The molecule has 0 amide bonds. The van der Waals surface area contributed by atoms with Gasteiger partial charge in [-0.3, -0.25) is 4.79 Å². The van der Waals surface area contributed by atoms with E-state index in [1.54, 1.807) is 4.57 Å². The molecule has 0 atom stereocenters. The van der Waals surface area contributed by atoms with Crippen molar-refractivity contribution in [1.82, 2.24) is 9.88 Å². The molecule has 100 valence electrons. The van der Waals surface area contributed by atoms with Crippen LogP contribution in [-0.2, 0) is 7.05 Å². The molecule has 1 N–H and O–H groups in total. The van der Waals surface area contributed by atoms with E-state index in [-0.39, 0.29) is 5.56 Å². The number of anilines is 1. The van der Waals surface area contributed by atoms with Crippen LogP contribution in [0.25, 0.3) is 10.9 Å². The predicted octanol–water partition coefficient (Wildman–Crippen LogP) is 1.26. The highest BCUT2D eigenvalue weighted by molar-refractivity contribution is 5.83. The zero-order chi connectivity index (χ0) is 13.4. The molecule has 3 rings (SSSR count). The molecule has 19 heavy (non-hydrogen) atoms. The average molecular weight is 257 g/mol. The number of aryl methyl sites for hydroxylation is 2. The van der Waals surface area contributed by atoms with Crippen LogP contribution in [0, 0.1) is 6.92 Å². The third-order valence-corrected chi connectivity index (χ3v) is 3.87. The average Bonchev–Trinajstić information content (AvgIpc) is 2.46. The summed E-state index contributed by atoms with van der Waals surface area (Å²) in [5, 5.41) is 4.48. The zero-order valence-electron chi connectivity index (χ0n) is 11.4. The van der Waals surface area contributed by atoms with E-state index in [1.165, 1.54) is 5.69 Å². The first-order valence-electron chi connectivity index (χ1n) is 6.73. The van der Waals surface area contributed by atoms with Crippen LogP contribution in [0.15, 0.2) is 29.1 Å². The number of rotatable bonds is 1. The summed E-state index contributed by atoms with van der Waals surface area (Å²) >= 11 is 0. The Morgan fingerprint density at radius 2 is 1.89 bits per heavy atom. The molecule has 0 aliphatic carbocycles. The Balaban J connectivity index is 2.12. The Labute approximate surface area is 112 Å². The van der Waals surface area contributed by atoms with Crippen LogP contribution < -0.4 is 15.8 Å². The van der Waals surface area contributed by atoms with Gasteiger partial charge in [0.1, 0.15) is 0 Å². The number of aromatic nitrogens is 1. The Morgan fingerprint density at radius 1 is 1.16 bits per heavy atom. The number of hydrogen-bond donors (Lipinski definition) is 1. The topological polar surface area (TPSA) is 37.3 Å². The van der Waals surface area contributed by atoms with Crippen molar-refractivity contribution in [2.45, 2.75) is 6.92 Å². The van der Waals surface area contributed by atoms with E-state index in [4.69, 9.17) is 0 Å². The highest BCUT2D eigenvalue weighted by Gasteiger charge is 2.12. The van der Waals surface area contributed by atoms with Gasteiger partial charge in [0.15, 0.2) is 0 Å². The van der Waals surface area contributed by atoms with E-state index >= 15 is 0 Å². The van der Waals surface area contributed by atoms with E-state index in [0.717, 1.165) is 42.6 Å². The Bertz CT molecular complexity index is 669. The van der Waals surface area contributed by atoms with Crippen LogP contribution in [0.1, 0.15) is 5.56 Å². The third-order valence-electron chi connectivity index (χ3n) is 3.87. The van der Waals surface area contributed by atoms with Gasteiger partial charge in [-0.05, 0) is 30.5 Å². The van der Waals surface area contributed by atoms with E-state index < -0.39 is 0 Å². The molecule has 4 heteroatoms. The highest BCUT2D eigenvalue weighted by atomic mass is 16.1. The Hall–Kier alpha value is -1.81. The van der Waals surface area contributed by atoms with Crippen LogP contribution in [0.2, 0.25) is 0 Å². The van der Waals surface area contributed by atoms with Gasteiger partial charge in [-0.2, -0.15) is 0 Å². The maximum atomic E-state index is 12.0. The zero-order valence-corrected chi connectivity index (χ0v) is 11.4. The quantitative estimate of drug-likeness (QED) is 0.835. The fourth-order valence-electron chi connectivity index (χ4n) is 2.73. The minimum Gasteiger partial charge on any atom is -0.369 e. The summed E-state index contributed by atoms with van der Waals surface area (Å²) in [7, 11) is 1.85. The van der Waals surface area contributed by atoms with Crippen molar-refractivity contribution < 1.29 is 0 Å². The maximum Gasteiger partial charge on any atom is 0.253 e. The minimum atomic E-state index is 0.0879. The molecule has 1 aromatic heterocycles. The first kappa shape index (κ1) is 12.2. The maximum absolute atomic E-state index is 12.0. The van der Waals surface area contributed by atoms with Crippen molar-refractivity contribution >= 4 is 16.6 Å². The summed E-state index contributed by atoms with van der Waals surface area (Å²) in [6, 6.07) is 8.36. The normalized spacial score (nSPS) is 16.0.